The monoisotopic (exact) mass is 397 g/mol. The van der Waals surface area contributed by atoms with E-state index in [0.717, 1.165) is 5.56 Å². The summed E-state index contributed by atoms with van der Waals surface area (Å²) in [4.78, 5) is 12.5. The number of carbonyl (C=O) groups excluding carboxylic acids is 1. The number of nitrogens with one attached hydrogen (secondary N) is 1. The molecule has 1 atom stereocenters. The van der Waals surface area contributed by atoms with Crippen molar-refractivity contribution in [2.75, 3.05) is 14.2 Å². The first-order chi connectivity index (χ1) is 11.0. The topological polar surface area (TPSA) is 47.6 Å². The summed E-state index contributed by atoms with van der Waals surface area (Å²) < 4.78 is 11.2. The van der Waals surface area contributed by atoms with Crippen LogP contribution in [0.15, 0.2) is 40.9 Å². The van der Waals surface area contributed by atoms with E-state index in [0.29, 0.717) is 26.6 Å². The van der Waals surface area contributed by atoms with Crippen LogP contribution in [0.5, 0.6) is 11.5 Å². The maximum absolute atomic E-state index is 12.5. The molecule has 23 heavy (non-hydrogen) atoms. The van der Waals surface area contributed by atoms with Crippen LogP contribution in [0.4, 0.5) is 0 Å². The lowest BCUT2D eigenvalue weighted by Gasteiger charge is -2.16. The van der Waals surface area contributed by atoms with E-state index >= 15 is 0 Å². The lowest BCUT2D eigenvalue weighted by Crippen LogP contribution is -2.26. The third-order valence-corrected chi connectivity index (χ3v) is 4.46. The molecule has 0 heterocycles. The smallest absolute Gasteiger partial charge is 0.252 e. The van der Waals surface area contributed by atoms with Crippen molar-refractivity contribution < 1.29 is 14.3 Å². The molecule has 4 nitrogen and oxygen atoms in total. The highest BCUT2D eigenvalue weighted by Crippen LogP contribution is 2.35. The van der Waals surface area contributed by atoms with Crippen molar-refractivity contribution in [1.29, 1.82) is 0 Å². The molecule has 2 rings (SSSR count). The Kier molecular flexibility index (Phi) is 5.91. The Morgan fingerprint density at radius 3 is 2.13 bits per heavy atom. The zero-order valence-corrected chi connectivity index (χ0v) is 15.4. The Hall–Kier alpha value is -1.72. The standard InChI is InChI=1S/C17H17BrClNO3/c1-10(11-4-6-13(19)7-5-11)20-17(21)12-8-14(22-2)16(18)15(9-12)23-3/h4-10H,1-3H3,(H,20,21)/t10-/m1/s1. The predicted molar refractivity (Wildman–Crippen MR) is 94.6 cm³/mol. The van der Waals surface area contributed by atoms with Crippen LogP contribution in [0.1, 0.15) is 28.9 Å². The van der Waals surface area contributed by atoms with Crippen molar-refractivity contribution in [2.24, 2.45) is 0 Å². The molecule has 0 radical (unpaired) electrons. The van der Waals surface area contributed by atoms with Crippen molar-refractivity contribution in [1.82, 2.24) is 5.32 Å². The Labute approximate surface area is 148 Å². The highest BCUT2D eigenvalue weighted by atomic mass is 79.9. The average Bonchev–Trinajstić information content (AvgIpc) is 2.55. The van der Waals surface area contributed by atoms with Gasteiger partial charge in [0.05, 0.1) is 20.3 Å². The first-order valence-corrected chi connectivity index (χ1v) is 8.11. The van der Waals surface area contributed by atoms with Gasteiger partial charge in [-0.2, -0.15) is 0 Å². The van der Waals surface area contributed by atoms with E-state index in [1.54, 1.807) is 24.3 Å². The minimum absolute atomic E-state index is 0.152. The van der Waals surface area contributed by atoms with Crippen LogP contribution in [0.3, 0.4) is 0 Å². The van der Waals surface area contributed by atoms with Gasteiger partial charge >= 0.3 is 0 Å². The fourth-order valence-electron chi connectivity index (χ4n) is 2.12. The number of amides is 1. The fraction of sp³-hybridized carbons (Fsp3) is 0.235. The molecule has 1 N–H and O–H groups in total. The van der Waals surface area contributed by atoms with Gasteiger partial charge in [0.2, 0.25) is 0 Å². The van der Waals surface area contributed by atoms with Crippen LogP contribution in [0.2, 0.25) is 5.02 Å². The lowest BCUT2D eigenvalue weighted by atomic mass is 10.1. The van der Waals surface area contributed by atoms with Crippen LogP contribution in [-0.4, -0.2) is 20.1 Å². The molecule has 0 aliphatic rings. The van der Waals surface area contributed by atoms with Gasteiger partial charge in [-0.1, -0.05) is 23.7 Å². The van der Waals surface area contributed by atoms with E-state index in [9.17, 15) is 4.79 Å². The number of methoxy groups -OCH3 is 2. The Bertz CT molecular complexity index is 678. The largest absolute Gasteiger partial charge is 0.495 e. The molecule has 122 valence electrons. The summed E-state index contributed by atoms with van der Waals surface area (Å²) in [6.07, 6.45) is 0. The second kappa shape index (κ2) is 7.70. The second-order valence-corrected chi connectivity index (χ2v) is 6.17. The van der Waals surface area contributed by atoms with Gasteiger partial charge in [-0.05, 0) is 52.7 Å². The lowest BCUT2D eigenvalue weighted by molar-refractivity contribution is 0.0939. The summed E-state index contributed by atoms with van der Waals surface area (Å²) in [5.74, 6) is 0.860. The molecule has 0 aliphatic carbocycles. The number of halogens is 2. The van der Waals surface area contributed by atoms with Gasteiger partial charge in [0.15, 0.2) is 0 Å². The van der Waals surface area contributed by atoms with Crippen molar-refractivity contribution in [3.8, 4) is 11.5 Å². The average molecular weight is 399 g/mol. The molecule has 0 spiro atoms. The first-order valence-electron chi connectivity index (χ1n) is 6.94. The molecule has 2 aromatic rings. The van der Waals surface area contributed by atoms with Gasteiger partial charge in [0.1, 0.15) is 16.0 Å². The zero-order chi connectivity index (χ0) is 17.0. The summed E-state index contributed by atoms with van der Waals surface area (Å²) in [7, 11) is 3.08. The van der Waals surface area contributed by atoms with Crippen molar-refractivity contribution >= 4 is 33.4 Å². The molecule has 0 fully saturated rings. The first kappa shape index (κ1) is 17.6. The summed E-state index contributed by atoms with van der Waals surface area (Å²) in [5.41, 5.74) is 1.43. The molecule has 0 bridgehead atoms. The molecule has 0 aliphatic heterocycles. The van der Waals surface area contributed by atoms with E-state index in [1.165, 1.54) is 14.2 Å². The van der Waals surface area contributed by atoms with Gasteiger partial charge in [-0.25, -0.2) is 0 Å². The number of hydrogen-bond donors (Lipinski definition) is 1. The normalized spacial score (nSPS) is 11.7. The molecule has 0 aromatic heterocycles. The van der Waals surface area contributed by atoms with Gasteiger partial charge in [0.25, 0.3) is 5.91 Å². The van der Waals surface area contributed by atoms with Gasteiger partial charge in [0, 0.05) is 10.6 Å². The Morgan fingerprint density at radius 1 is 1.13 bits per heavy atom. The van der Waals surface area contributed by atoms with E-state index in [4.69, 9.17) is 21.1 Å². The highest BCUT2D eigenvalue weighted by Gasteiger charge is 2.16. The molecular weight excluding hydrogens is 382 g/mol. The summed E-state index contributed by atoms with van der Waals surface area (Å²) in [6.45, 7) is 1.91. The molecule has 0 unspecified atom stereocenters. The van der Waals surface area contributed by atoms with Crippen molar-refractivity contribution in [3.63, 3.8) is 0 Å². The third-order valence-electron chi connectivity index (χ3n) is 3.43. The summed E-state index contributed by atoms with van der Waals surface area (Å²) in [5, 5.41) is 3.61. The van der Waals surface area contributed by atoms with E-state index < -0.39 is 0 Å². The van der Waals surface area contributed by atoms with Crippen LogP contribution in [0, 0.1) is 0 Å². The van der Waals surface area contributed by atoms with Gasteiger partial charge < -0.3 is 14.8 Å². The van der Waals surface area contributed by atoms with Crippen molar-refractivity contribution in [2.45, 2.75) is 13.0 Å². The number of benzene rings is 2. The van der Waals surface area contributed by atoms with Gasteiger partial charge in [-0.15, -0.1) is 0 Å². The highest BCUT2D eigenvalue weighted by molar-refractivity contribution is 9.10. The molecule has 0 saturated carbocycles. The van der Waals surface area contributed by atoms with E-state index in [2.05, 4.69) is 21.2 Å². The summed E-state index contributed by atoms with van der Waals surface area (Å²) in [6, 6.07) is 10.5. The second-order valence-electron chi connectivity index (χ2n) is 4.94. The summed E-state index contributed by atoms with van der Waals surface area (Å²) >= 11 is 9.26. The molecular formula is C17H17BrClNO3. The number of rotatable bonds is 5. The van der Waals surface area contributed by atoms with Crippen LogP contribution >= 0.6 is 27.5 Å². The van der Waals surface area contributed by atoms with E-state index in [-0.39, 0.29) is 11.9 Å². The number of hydrogen-bond acceptors (Lipinski definition) is 3. The zero-order valence-electron chi connectivity index (χ0n) is 13.0. The molecule has 2 aromatic carbocycles. The predicted octanol–water partition coefficient (Wildman–Crippen LogP) is 4.61. The SMILES string of the molecule is COc1cc(C(=O)N[C@H](C)c2ccc(Cl)cc2)cc(OC)c1Br. The Balaban J connectivity index is 2.21. The molecule has 6 heteroatoms. The fourth-order valence-corrected chi connectivity index (χ4v) is 2.79. The minimum atomic E-state index is -0.212. The quantitative estimate of drug-likeness (QED) is 0.800. The number of ether oxygens (including phenoxy) is 2. The van der Waals surface area contributed by atoms with Crippen LogP contribution < -0.4 is 14.8 Å². The molecule has 1 amide bonds. The maximum Gasteiger partial charge on any atom is 0.252 e. The number of carbonyl (C=O) groups is 1. The van der Waals surface area contributed by atoms with E-state index in [1.807, 2.05) is 19.1 Å². The van der Waals surface area contributed by atoms with Crippen molar-refractivity contribution in [3.05, 3.63) is 57.0 Å². The van der Waals surface area contributed by atoms with Crippen LogP contribution in [-0.2, 0) is 0 Å². The maximum atomic E-state index is 12.5. The Morgan fingerprint density at radius 2 is 1.65 bits per heavy atom. The third kappa shape index (κ3) is 4.18. The molecule has 0 saturated heterocycles. The minimum Gasteiger partial charge on any atom is -0.495 e. The van der Waals surface area contributed by atoms with Crippen LogP contribution in [0.25, 0.3) is 0 Å². The van der Waals surface area contributed by atoms with Gasteiger partial charge in [-0.3, -0.25) is 4.79 Å².